The number of phenols is 1. The zero-order valence-electron chi connectivity index (χ0n) is 8.35. The van der Waals surface area contributed by atoms with E-state index in [-0.39, 0.29) is 21.9 Å². The summed E-state index contributed by atoms with van der Waals surface area (Å²) in [6, 6.07) is 6.26. The minimum absolute atomic E-state index is 0.0511. The summed E-state index contributed by atoms with van der Waals surface area (Å²) < 4.78 is 27.3. The van der Waals surface area contributed by atoms with Gasteiger partial charge in [0, 0.05) is 15.6 Å². The molecule has 2 rings (SSSR count). The lowest BCUT2D eigenvalue weighted by Crippen LogP contribution is -1.88. The number of halogens is 4. The van der Waals surface area contributed by atoms with Gasteiger partial charge in [0.1, 0.15) is 11.6 Å². The summed E-state index contributed by atoms with van der Waals surface area (Å²) in [4.78, 5) is 0. The Labute approximate surface area is 110 Å². The quantitative estimate of drug-likeness (QED) is 0.752. The first-order valence-electron chi connectivity index (χ1n) is 4.63. The second kappa shape index (κ2) is 4.63. The van der Waals surface area contributed by atoms with Gasteiger partial charge in [0.25, 0.3) is 0 Å². The van der Waals surface area contributed by atoms with Crippen LogP contribution in [0.4, 0.5) is 8.78 Å². The van der Waals surface area contributed by atoms with Crippen molar-refractivity contribution >= 4 is 27.5 Å². The highest BCUT2D eigenvalue weighted by Gasteiger charge is 2.15. The number of phenolic OH excluding ortho intramolecular Hbond substituents is 1. The highest BCUT2D eigenvalue weighted by molar-refractivity contribution is 9.10. The summed E-state index contributed by atoms with van der Waals surface area (Å²) in [6.07, 6.45) is 0. The molecule has 5 heteroatoms. The van der Waals surface area contributed by atoms with Gasteiger partial charge in [0.2, 0.25) is 0 Å². The van der Waals surface area contributed by atoms with E-state index in [1.54, 1.807) is 0 Å². The Morgan fingerprint density at radius 2 is 1.76 bits per heavy atom. The topological polar surface area (TPSA) is 20.2 Å². The molecule has 0 bridgehead atoms. The summed E-state index contributed by atoms with van der Waals surface area (Å²) in [7, 11) is 0. The molecule has 0 spiro atoms. The monoisotopic (exact) mass is 318 g/mol. The van der Waals surface area contributed by atoms with Crippen LogP contribution in [-0.2, 0) is 0 Å². The molecule has 0 atom stereocenters. The van der Waals surface area contributed by atoms with E-state index in [9.17, 15) is 13.9 Å². The standard InChI is InChI=1S/C12H6BrClF2O/c13-9-3-2-7(12(16)11(9)14)8-5-6(15)1-4-10(8)17/h1-5,17H. The average molecular weight is 320 g/mol. The zero-order chi connectivity index (χ0) is 12.6. The van der Waals surface area contributed by atoms with Crippen LogP contribution < -0.4 is 0 Å². The first-order valence-corrected chi connectivity index (χ1v) is 5.80. The Balaban J connectivity index is 2.69. The van der Waals surface area contributed by atoms with E-state index in [1.165, 1.54) is 18.2 Å². The molecule has 0 aliphatic heterocycles. The third-order valence-electron chi connectivity index (χ3n) is 2.28. The first kappa shape index (κ1) is 12.3. The van der Waals surface area contributed by atoms with Crippen molar-refractivity contribution in [2.45, 2.75) is 0 Å². The third kappa shape index (κ3) is 2.28. The van der Waals surface area contributed by atoms with Crippen LogP contribution in [0.1, 0.15) is 0 Å². The summed E-state index contributed by atoms with van der Waals surface area (Å²) in [5, 5.41) is 9.48. The minimum Gasteiger partial charge on any atom is -0.507 e. The molecular formula is C12H6BrClF2O. The predicted molar refractivity (Wildman–Crippen MR) is 66.2 cm³/mol. The fourth-order valence-corrected chi connectivity index (χ4v) is 1.93. The van der Waals surface area contributed by atoms with Crippen LogP contribution >= 0.6 is 27.5 Å². The fraction of sp³-hybridized carbons (Fsp3) is 0. The molecule has 0 heterocycles. The SMILES string of the molecule is Oc1ccc(F)cc1-c1ccc(Br)c(Cl)c1F. The second-order valence-corrected chi connectivity index (χ2v) is 4.62. The van der Waals surface area contributed by atoms with E-state index in [2.05, 4.69) is 15.9 Å². The van der Waals surface area contributed by atoms with Crippen LogP contribution in [0.25, 0.3) is 11.1 Å². The van der Waals surface area contributed by atoms with E-state index < -0.39 is 11.6 Å². The number of hydrogen-bond acceptors (Lipinski definition) is 1. The highest BCUT2D eigenvalue weighted by atomic mass is 79.9. The van der Waals surface area contributed by atoms with Crippen molar-refractivity contribution < 1.29 is 13.9 Å². The van der Waals surface area contributed by atoms with Gasteiger partial charge in [-0.2, -0.15) is 0 Å². The Morgan fingerprint density at radius 3 is 2.47 bits per heavy atom. The molecule has 0 saturated carbocycles. The molecule has 0 unspecified atom stereocenters. The van der Waals surface area contributed by atoms with E-state index in [4.69, 9.17) is 11.6 Å². The van der Waals surface area contributed by atoms with Crippen LogP contribution in [-0.4, -0.2) is 5.11 Å². The Kier molecular flexibility index (Phi) is 3.35. The number of hydrogen-bond donors (Lipinski definition) is 1. The molecule has 2 aromatic carbocycles. The Bertz CT molecular complexity index is 587. The maximum absolute atomic E-state index is 13.9. The maximum atomic E-state index is 13.9. The molecule has 88 valence electrons. The molecule has 2 aromatic rings. The Morgan fingerprint density at radius 1 is 1.06 bits per heavy atom. The van der Waals surface area contributed by atoms with Gasteiger partial charge in [-0.3, -0.25) is 0 Å². The van der Waals surface area contributed by atoms with Gasteiger partial charge in [0.05, 0.1) is 5.02 Å². The molecule has 0 aromatic heterocycles. The van der Waals surface area contributed by atoms with E-state index >= 15 is 0 Å². The lowest BCUT2D eigenvalue weighted by molar-refractivity contribution is 0.474. The van der Waals surface area contributed by atoms with Crippen LogP contribution in [0, 0.1) is 11.6 Å². The van der Waals surface area contributed by atoms with Crippen molar-refractivity contribution in [3.05, 3.63) is 51.5 Å². The van der Waals surface area contributed by atoms with Gasteiger partial charge < -0.3 is 5.11 Å². The minimum atomic E-state index is -0.707. The third-order valence-corrected chi connectivity index (χ3v) is 3.54. The molecule has 0 aliphatic rings. The zero-order valence-corrected chi connectivity index (χ0v) is 10.7. The van der Waals surface area contributed by atoms with Gasteiger partial charge in [-0.15, -0.1) is 0 Å². The lowest BCUT2D eigenvalue weighted by Gasteiger charge is -2.08. The van der Waals surface area contributed by atoms with Gasteiger partial charge in [-0.1, -0.05) is 17.7 Å². The normalized spacial score (nSPS) is 10.6. The summed E-state index contributed by atoms with van der Waals surface area (Å²) >= 11 is 8.80. The second-order valence-electron chi connectivity index (χ2n) is 3.38. The van der Waals surface area contributed by atoms with Gasteiger partial charge in [0.15, 0.2) is 5.82 Å². The van der Waals surface area contributed by atoms with Crippen LogP contribution in [0.15, 0.2) is 34.8 Å². The highest BCUT2D eigenvalue weighted by Crippen LogP contribution is 2.36. The van der Waals surface area contributed by atoms with E-state index in [0.717, 1.165) is 12.1 Å². The molecule has 0 saturated heterocycles. The van der Waals surface area contributed by atoms with Crippen molar-refractivity contribution in [1.29, 1.82) is 0 Å². The maximum Gasteiger partial charge on any atom is 0.150 e. The first-order chi connectivity index (χ1) is 8.00. The molecule has 1 nitrogen and oxygen atoms in total. The van der Waals surface area contributed by atoms with Crippen molar-refractivity contribution in [3.8, 4) is 16.9 Å². The van der Waals surface area contributed by atoms with Gasteiger partial charge in [-0.05, 0) is 40.2 Å². The number of rotatable bonds is 1. The molecule has 0 aliphatic carbocycles. The molecule has 0 fully saturated rings. The van der Waals surface area contributed by atoms with Crippen LogP contribution in [0.2, 0.25) is 5.02 Å². The molecule has 0 radical (unpaired) electrons. The molecular weight excluding hydrogens is 313 g/mol. The van der Waals surface area contributed by atoms with Crippen molar-refractivity contribution in [2.24, 2.45) is 0 Å². The van der Waals surface area contributed by atoms with E-state index in [1.807, 2.05) is 0 Å². The summed E-state index contributed by atoms with van der Waals surface area (Å²) in [6.45, 7) is 0. The average Bonchev–Trinajstić information content (AvgIpc) is 2.30. The summed E-state index contributed by atoms with van der Waals surface area (Å²) in [5.41, 5.74) is 0.118. The molecule has 1 N–H and O–H groups in total. The predicted octanol–water partition coefficient (Wildman–Crippen LogP) is 4.75. The fourth-order valence-electron chi connectivity index (χ4n) is 1.46. The largest absolute Gasteiger partial charge is 0.507 e. The number of aromatic hydroxyl groups is 1. The molecule has 17 heavy (non-hydrogen) atoms. The van der Waals surface area contributed by atoms with Gasteiger partial charge in [-0.25, -0.2) is 8.78 Å². The Hall–Kier alpha value is -1.13. The van der Waals surface area contributed by atoms with Gasteiger partial charge >= 0.3 is 0 Å². The van der Waals surface area contributed by atoms with Crippen LogP contribution in [0.3, 0.4) is 0 Å². The molecule has 0 amide bonds. The smallest absolute Gasteiger partial charge is 0.150 e. The van der Waals surface area contributed by atoms with Crippen molar-refractivity contribution in [2.75, 3.05) is 0 Å². The van der Waals surface area contributed by atoms with Crippen molar-refractivity contribution in [1.82, 2.24) is 0 Å². The summed E-state index contributed by atoms with van der Waals surface area (Å²) in [5.74, 6) is -1.47. The lowest BCUT2D eigenvalue weighted by atomic mass is 10.0. The van der Waals surface area contributed by atoms with Crippen molar-refractivity contribution in [3.63, 3.8) is 0 Å². The van der Waals surface area contributed by atoms with E-state index in [0.29, 0.717) is 4.47 Å². The number of benzene rings is 2. The van der Waals surface area contributed by atoms with Crippen LogP contribution in [0.5, 0.6) is 5.75 Å².